The van der Waals surface area contributed by atoms with Crippen molar-refractivity contribution in [3.05, 3.63) is 60.2 Å². The molecule has 9 nitrogen and oxygen atoms in total. The fraction of sp³-hybridized carbons (Fsp3) is 0.440. The van der Waals surface area contributed by atoms with Gasteiger partial charge in [0, 0.05) is 26.1 Å². The predicted molar refractivity (Wildman–Crippen MR) is 130 cm³/mol. The maximum atomic E-state index is 13.7. The predicted octanol–water partition coefficient (Wildman–Crippen LogP) is 2.60. The average molecular weight is 504 g/mol. The Hall–Kier alpha value is -2.95. The number of nitrogens with zero attached hydrogens (tertiary/aromatic N) is 2. The molecule has 1 unspecified atom stereocenters. The lowest BCUT2D eigenvalue weighted by Crippen LogP contribution is -2.50. The number of aryl methyl sites for hydroxylation is 1. The average Bonchev–Trinajstić information content (AvgIpc) is 2.90. The van der Waals surface area contributed by atoms with Crippen molar-refractivity contribution < 1.29 is 28.0 Å². The number of piperidine rings is 1. The SMILES string of the molecule is COc1ccc(S(=O)(=O)N(CCC(=O)N2CCCCC2)C(CCc2ccccc2)C(=O)NO)cc1. The molecular formula is C25H33N3O6S. The Morgan fingerprint density at radius 1 is 1.06 bits per heavy atom. The first kappa shape index (κ1) is 26.7. The maximum Gasteiger partial charge on any atom is 0.261 e. The highest BCUT2D eigenvalue weighted by molar-refractivity contribution is 7.89. The molecular weight excluding hydrogens is 470 g/mol. The number of methoxy groups -OCH3 is 1. The Balaban J connectivity index is 1.89. The van der Waals surface area contributed by atoms with Crippen LogP contribution in [0.15, 0.2) is 59.5 Å². The molecule has 3 rings (SSSR count). The van der Waals surface area contributed by atoms with Gasteiger partial charge in [-0.2, -0.15) is 4.31 Å². The maximum absolute atomic E-state index is 13.7. The summed E-state index contributed by atoms with van der Waals surface area (Å²) in [5.41, 5.74) is 2.54. The van der Waals surface area contributed by atoms with E-state index >= 15 is 0 Å². The monoisotopic (exact) mass is 503 g/mol. The van der Waals surface area contributed by atoms with Crippen LogP contribution in [0.5, 0.6) is 5.75 Å². The lowest BCUT2D eigenvalue weighted by Gasteiger charge is -2.31. The molecule has 1 aliphatic heterocycles. The highest BCUT2D eigenvalue weighted by atomic mass is 32.2. The minimum absolute atomic E-state index is 0.0285. The number of sulfonamides is 1. The number of rotatable bonds is 11. The van der Waals surface area contributed by atoms with Crippen molar-refractivity contribution in [3.8, 4) is 5.75 Å². The van der Waals surface area contributed by atoms with Crippen molar-refractivity contribution in [2.45, 2.75) is 49.5 Å². The molecule has 2 aromatic rings. The van der Waals surface area contributed by atoms with Crippen molar-refractivity contribution >= 4 is 21.8 Å². The number of carbonyl (C=O) groups excluding carboxylic acids is 2. The van der Waals surface area contributed by atoms with E-state index in [2.05, 4.69) is 0 Å². The van der Waals surface area contributed by atoms with Gasteiger partial charge in [-0.3, -0.25) is 14.8 Å². The summed E-state index contributed by atoms with van der Waals surface area (Å²) in [5.74, 6) is -0.501. The minimum Gasteiger partial charge on any atom is -0.497 e. The molecule has 35 heavy (non-hydrogen) atoms. The number of carbonyl (C=O) groups is 2. The van der Waals surface area contributed by atoms with Gasteiger partial charge in [0.15, 0.2) is 0 Å². The van der Waals surface area contributed by atoms with Crippen LogP contribution in [0.25, 0.3) is 0 Å². The molecule has 2 N–H and O–H groups in total. The van der Waals surface area contributed by atoms with Crippen LogP contribution in [0, 0.1) is 0 Å². The number of hydrogen-bond acceptors (Lipinski definition) is 6. The van der Waals surface area contributed by atoms with E-state index in [9.17, 15) is 23.2 Å². The number of amides is 2. The van der Waals surface area contributed by atoms with Gasteiger partial charge in [0.1, 0.15) is 11.8 Å². The third-order valence-electron chi connectivity index (χ3n) is 6.23. The molecule has 0 bridgehead atoms. The Kier molecular flexibility index (Phi) is 9.64. The quantitative estimate of drug-likeness (QED) is 0.360. The van der Waals surface area contributed by atoms with E-state index in [0.717, 1.165) is 29.1 Å². The molecule has 0 spiro atoms. The molecule has 2 amide bonds. The molecule has 2 aromatic carbocycles. The zero-order valence-corrected chi connectivity index (χ0v) is 20.7. The van der Waals surface area contributed by atoms with Gasteiger partial charge in [-0.05, 0) is 61.9 Å². The van der Waals surface area contributed by atoms with Crippen LogP contribution in [0.3, 0.4) is 0 Å². The van der Waals surface area contributed by atoms with Crippen molar-refractivity contribution in [2.75, 3.05) is 26.7 Å². The third-order valence-corrected chi connectivity index (χ3v) is 8.15. The molecule has 0 saturated carbocycles. The number of hydroxylamine groups is 1. The molecule has 0 aliphatic carbocycles. The van der Waals surface area contributed by atoms with Crippen molar-refractivity contribution in [3.63, 3.8) is 0 Å². The van der Waals surface area contributed by atoms with E-state index in [1.807, 2.05) is 30.3 Å². The zero-order valence-electron chi connectivity index (χ0n) is 19.9. The van der Waals surface area contributed by atoms with Crippen LogP contribution >= 0.6 is 0 Å². The van der Waals surface area contributed by atoms with Crippen molar-refractivity contribution in [1.82, 2.24) is 14.7 Å². The molecule has 1 heterocycles. The Morgan fingerprint density at radius 2 is 1.71 bits per heavy atom. The Bertz CT molecular complexity index is 1070. The molecule has 190 valence electrons. The minimum atomic E-state index is -4.18. The number of likely N-dealkylation sites (tertiary alicyclic amines) is 1. The van der Waals surface area contributed by atoms with E-state index in [0.29, 0.717) is 25.3 Å². The van der Waals surface area contributed by atoms with Crippen molar-refractivity contribution in [1.29, 1.82) is 0 Å². The summed E-state index contributed by atoms with van der Waals surface area (Å²) in [5, 5.41) is 9.42. The number of ether oxygens (including phenoxy) is 1. The molecule has 10 heteroatoms. The van der Waals surface area contributed by atoms with Gasteiger partial charge in [-0.15, -0.1) is 0 Å². The summed E-state index contributed by atoms with van der Waals surface area (Å²) < 4.78 is 33.5. The molecule has 1 atom stereocenters. The van der Waals surface area contributed by atoms with Crippen LogP contribution in [0.4, 0.5) is 0 Å². The van der Waals surface area contributed by atoms with Crippen LogP contribution in [-0.4, -0.2) is 67.4 Å². The number of hydrogen-bond donors (Lipinski definition) is 2. The van der Waals surface area contributed by atoms with E-state index in [1.165, 1.54) is 31.4 Å². The second-order valence-corrected chi connectivity index (χ2v) is 10.4. The summed E-state index contributed by atoms with van der Waals surface area (Å²) in [6.07, 6.45) is 3.39. The molecule has 0 aromatic heterocycles. The molecule has 0 radical (unpaired) electrons. The highest BCUT2D eigenvalue weighted by Gasteiger charge is 2.36. The first-order valence-corrected chi connectivity index (χ1v) is 13.2. The third kappa shape index (κ3) is 7.03. The summed E-state index contributed by atoms with van der Waals surface area (Å²) in [4.78, 5) is 27.3. The van der Waals surface area contributed by atoms with Crippen LogP contribution < -0.4 is 10.2 Å². The van der Waals surface area contributed by atoms with Crippen molar-refractivity contribution in [2.24, 2.45) is 0 Å². The largest absolute Gasteiger partial charge is 0.497 e. The summed E-state index contributed by atoms with van der Waals surface area (Å²) in [6.45, 7) is 1.12. The van der Waals surface area contributed by atoms with Gasteiger partial charge in [0.05, 0.1) is 12.0 Å². The first-order valence-electron chi connectivity index (χ1n) is 11.8. The van der Waals surface area contributed by atoms with Gasteiger partial charge in [-0.1, -0.05) is 30.3 Å². The van der Waals surface area contributed by atoms with Gasteiger partial charge < -0.3 is 9.64 Å². The molecule has 1 fully saturated rings. The number of benzene rings is 2. The lowest BCUT2D eigenvalue weighted by molar-refractivity contribution is -0.135. The summed E-state index contributed by atoms with van der Waals surface area (Å²) >= 11 is 0. The van der Waals surface area contributed by atoms with E-state index in [-0.39, 0.29) is 30.2 Å². The van der Waals surface area contributed by atoms with Crippen LogP contribution in [0.1, 0.15) is 37.7 Å². The molecule has 1 aliphatic rings. The van der Waals surface area contributed by atoms with Crippen LogP contribution in [-0.2, 0) is 26.0 Å². The van der Waals surface area contributed by atoms with Crippen LogP contribution in [0.2, 0.25) is 0 Å². The lowest BCUT2D eigenvalue weighted by atomic mass is 10.0. The Morgan fingerprint density at radius 3 is 2.31 bits per heavy atom. The molecule has 1 saturated heterocycles. The normalized spacial score (nSPS) is 15.0. The number of nitrogens with one attached hydrogen (secondary N) is 1. The van der Waals surface area contributed by atoms with E-state index in [4.69, 9.17) is 4.74 Å². The van der Waals surface area contributed by atoms with Gasteiger partial charge in [-0.25, -0.2) is 13.9 Å². The second-order valence-electron chi connectivity index (χ2n) is 8.50. The summed E-state index contributed by atoms with van der Waals surface area (Å²) in [6, 6.07) is 14.0. The summed E-state index contributed by atoms with van der Waals surface area (Å²) in [7, 11) is -2.70. The van der Waals surface area contributed by atoms with E-state index < -0.39 is 22.0 Å². The second kappa shape index (κ2) is 12.7. The zero-order chi connectivity index (χ0) is 25.3. The fourth-order valence-electron chi connectivity index (χ4n) is 4.26. The van der Waals surface area contributed by atoms with Gasteiger partial charge in [0.2, 0.25) is 15.9 Å². The Labute approximate surface area is 206 Å². The topological polar surface area (TPSA) is 116 Å². The van der Waals surface area contributed by atoms with E-state index in [1.54, 1.807) is 10.4 Å². The smallest absolute Gasteiger partial charge is 0.261 e. The van der Waals surface area contributed by atoms with Gasteiger partial charge >= 0.3 is 0 Å². The first-order chi connectivity index (χ1) is 16.9. The fourth-order valence-corrected chi connectivity index (χ4v) is 5.88. The standard InChI is InChI=1S/C25H33N3O6S/c1-34-21-11-13-22(14-12-21)35(32,33)28(19-16-24(29)27-17-6-3-7-18-27)23(25(30)26-31)15-10-20-8-4-2-5-9-20/h2,4-5,8-9,11-14,23,31H,3,6-7,10,15-19H2,1H3,(H,26,30). The highest BCUT2D eigenvalue weighted by Crippen LogP contribution is 2.24. The van der Waals surface area contributed by atoms with Gasteiger partial charge in [0.25, 0.3) is 5.91 Å².